The molecule has 0 fully saturated rings. The van der Waals surface area contributed by atoms with Crippen molar-refractivity contribution in [2.75, 3.05) is 29.8 Å². The Morgan fingerprint density at radius 3 is 2.29 bits per heavy atom. The van der Waals surface area contributed by atoms with Crippen LogP contribution in [0.1, 0.15) is 20.7 Å². The van der Waals surface area contributed by atoms with E-state index in [9.17, 15) is 24.3 Å². The van der Waals surface area contributed by atoms with Crippen LogP contribution in [0.15, 0.2) is 71.4 Å². The minimum absolute atomic E-state index is 0.0453. The first-order valence-corrected chi connectivity index (χ1v) is 11.6. The number of hydrogen-bond donors (Lipinski definition) is 2. The second kappa shape index (κ2) is 10.8. The van der Waals surface area contributed by atoms with Crippen LogP contribution in [-0.4, -0.2) is 37.9 Å². The Kier molecular flexibility index (Phi) is 7.56. The van der Waals surface area contributed by atoms with Crippen LogP contribution in [0.2, 0.25) is 5.02 Å². The van der Waals surface area contributed by atoms with E-state index in [2.05, 4.69) is 10.6 Å². The predicted molar refractivity (Wildman–Crippen MR) is 139 cm³/mol. The van der Waals surface area contributed by atoms with Gasteiger partial charge in [-0.1, -0.05) is 41.4 Å². The molecule has 12 heteroatoms. The van der Waals surface area contributed by atoms with Crippen molar-refractivity contribution in [3.8, 4) is 11.5 Å². The second-order valence-electron chi connectivity index (χ2n) is 7.79. The summed E-state index contributed by atoms with van der Waals surface area (Å²) in [6.07, 6.45) is 0. The Bertz CT molecular complexity index is 1520. The highest BCUT2D eigenvalue weighted by Crippen LogP contribution is 2.36. The van der Waals surface area contributed by atoms with Gasteiger partial charge in [0.15, 0.2) is 0 Å². The van der Waals surface area contributed by atoms with Gasteiger partial charge in [0.05, 0.1) is 36.6 Å². The van der Waals surface area contributed by atoms with E-state index in [1.54, 1.807) is 36.4 Å². The number of halogens is 2. The molecule has 3 amide bonds. The highest BCUT2D eigenvalue weighted by atomic mass is 35.5. The largest absolute Gasteiger partial charge is 0.545 e. The zero-order chi connectivity index (χ0) is 27.6. The summed E-state index contributed by atoms with van der Waals surface area (Å²) in [6, 6.07) is 14.9. The Morgan fingerprint density at radius 2 is 1.61 bits per heavy atom. The van der Waals surface area contributed by atoms with E-state index in [1.807, 2.05) is 0 Å². The van der Waals surface area contributed by atoms with Gasteiger partial charge in [-0.2, -0.15) is 0 Å². The molecule has 4 rings (SSSR count). The number of nitrogens with zero attached hydrogens (tertiary/aromatic N) is 1. The van der Waals surface area contributed by atoms with Gasteiger partial charge in [0.2, 0.25) is 0 Å². The van der Waals surface area contributed by atoms with E-state index in [0.717, 1.165) is 11.0 Å². The first kappa shape index (κ1) is 26.5. The molecular weight excluding hydrogens is 537 g/mol. The van der Waals surface area contributed by atoms with Crippen molar-refractivity contribution in [3.63, 3.8) is 0 Å². The maximum Gasteiger partial charge on any atom is 0.283 e. The number of para-hydroxylation sites is 2. The number of carboxylic acids is 1. The molecule has 0 saturated heterocycles. The van der Waals surface area contributed by atoms with E-state index >= 15 is 0 Å². The predicted octanol–water partition coefficient (Wildman–Crippen LogP) is 3.41. The third-order valence-electron chi connectivity index (χ3n) is 5.50. The van der Waals surface area contributed by atoms with Gasteiger partial charge < -0.3 is 30.0 Å². The van der Waals surface area contributed by atoms with Crippen molar-refractivity contribution in [1.29, 1.82) is 0 Å². The number of methoxy groups -OCH3 is 2. The number of amides is 3. The lowest BCUT2D eigenvalue weighted by Gasteiger charge is -2.18. The fourth-order valence-electron chi connectivity index (χ4n) is 3.70. The van der Waals surface area contributed by atoms with Gasteiger partial charge >= 0.3 is 0 Å². The Labute approximate surface area is 226 Å². The first-order valence-electron chi connectivity index (χ1n) is 10.8. The molecular formula is C26H18Cl2N3O7-. The average Bonchev–Trinajstić information content (AvgIpc) is 3.12. The number of ether oxygens (including phenoxy) is 2. The summed E-state index contributed by atoms with van der Waals surface area (Å²) in [5.74, 6) is -3.26. The van der Waals surface area contributed by atoms with Gasteiger partial charge in [-0.25, -0.2) is 4.90 Å². The lowest BCUT2D eigenvalue weighted by Crippen LogP contribution is -2.32. The summed E-state index contributed by atoms with van der Waals surface area (Å²) < 4.78 is 10.3. The van der Waals surface area contributed by atoms with Crippen molar-refractivity contribution < 1.29 is 33.8 Å². The lowest BCUT2D eigenvalue weighted by atomic mass is 10.1. The number of benzene rings is 3. The van der Waals surface area contributed by atoms with Crippen molar-refractivity contribution in [2.45, 2.75) is 0 Å². The van der Waals surface area contributed by atoms with Gasteiger partial charge in [0, 0.05) is 22.9 Å². The number of carbonyl (C=O) groups excluding carboxylic acids is 4. The molecule has 0 spiro atoms. The zero-order valence-electron chi connectivity index (χ0n) is 19.8. The van der Waals surface area contributed by atoms with Gasteiger partial charge in [0.25, 0.3) is 17.7 Å². The van der Waals surface area contributed by atoms with Gasteiger partial charge in [-0.3, -0.25) is 14.4 Å². The van der Waals surface area contributed by atoms with Crippen LogP contribution in [0.3, 0.4) is 0 Å². The number of carbonyl (C=O) groups is 4. The SMILES string of the molecule is COc1cc(NC(=O)c2cccc(NC3=C(Cl)C(=O)N(c4ccccc4OC)C3=O)c2)c(Cl)cc1C(=O)[O-]. The molecule has 3 aromatic carbocycles. The molecule has 1 aliphatic rings. The van der Waals surface area contributed by atoms with Crippen molar-refractivity contribution in [2.24, 2.45) is 0 Å². The molecule has 0 bridgehead atoms. The zero-order valence-corrected chi connectivity index (χ0v) is 21.3. The third-order valence-corrected chi connectivity index (χ3v) is 6.17. The maximum atomic E-state index is 13.1. The lowest BCUT2D eigenvalue weighted by molar-refractivity contribution is -0.255. The number of imide groups is 1. The van der Waals surface area contributed by atoms with Crippen LogP contribution in [0.25, 0.3) is 0 Å². The molecule has 0 saturated carbocycles. The first-order chi connectivity index (χ1) is 18.2. The number of carboxylic acid groups (broad SMARTS) is 1. The van der Waals surface area contributed by atoms with E-state index in [4.69, 9.17) is 32.7 Å². The molecule has 10 nitrogen and oxygen atoms in total. The van der Waals surface area contributed by atoms with Crippen LogP contribution >= 0.6 is 23.2 Å². The van der Waals surface area contributed by atoms with Crippen LogP contribution in [0.5, 0.6) is 11.5 Å². The molecule has 0 aromatic heterocycles. The molecule has 0 unspecified atom stereocenters. The van der Waals surface area contributed by atoms with E-state index in [1.165, 1.54) is 32.4 Å². The monoisotopic (exact) mass is 554 g/mol. The minimum Gasteiger partial charge on any atom is -0.545 e. The van der Waals surface area contributed by atoms with Crippen LogP contribution in [0, 0.1) is 0 Å². The number of rotatable bonds is 8. The van der Waals surface area contributed by atoms with E-state index in [-0.39, 0.29) is 44.0 Å². The van der Waals surface area contributed by atoms with Crippen molar-refractivity contribution in [3.05, 3.63) is 87.5 Å². The quantitative estimate of drug-likeness (QED) is 0.404. The molecule has 0 radical (unpaired) electrons. The molecule has 1 aliphatic heterocycles. The summed E-state index contributed by atoms with van der Waals surface area (Å²) in [4.78, 5) is 51.0. The minimum atomic E-state index is -1.49. The number of nitrogens with one attached hydrogen (secondary N) is 2. The topological polar surface area (TPSA) is 137 Å². The van der Waals surface area contributed by atoms with Crippen LogP contribution in [-0.2, 0) is 9.59 Å². The summed E-state index contributed by atoms with van der Waals surface area (Å²) in [7, 11) is 2.68. The molecule has 38 heavy (non-hydrogen) atoms. The number of aromatic carboxylic acids is 1. The van der Waals surface area contributed by atoms with E-state index < -0.39 is 23.7 Å². The highest BCUT2D eigenvalue weighted by Gasteiger charge is 2.40. The summed E-state index contributed by atoms with van der Waals surface area (Å²) in [5.41, 5.74) is 0.334. The van der Waals surface area contributed by atoms with Crippen LogP contribution < -0.4 is 30.1 Å². The second-order valence-corrected chi connectivity index (χ2v) is 8.57. The molecule has 194 valence electrons. The smallest absolute Gasteiger partial charge is 0.283 e. The van der Waals surface area contributed by atoms with Crippen molar-refractivity contribution in [1.82, 2.24) is 0 Å². The molecule has 0 atom stereocenters. The number of hydrogen-bond acceptors (Lipinski definition) is 8. The fourth-order valence-corrected chi connectivity index (χ4v) is 4.12. The number of anilines is 3. The molecule has 0 aliphatic carbocycles. The Morgan fingerprint density at radius 1 is 0.895 bits per heavy atom. The Hall–Kier alpha value is -4.54. The van der Waals surface area contributed by atoms with Gasteiger partial charge in [-0.15, -0.1) is 0 Å². The summed E-state index contributed by atoms with van der Waals surface area (Å²) >= 11 is 12.3. The molecule has 1 heterocycles. The third kappa shape index (κ3) is 4.99. The summed E-state index contributed by atoms with van der Waals surface area (Å²) in [5, 5.41) is 16.3. The molecule has 2 N–H and O–H groups in total. The van der Waals surface area contributed by atoms with Gasteiger partial charge in [-0.05, 0) is 36.4 Å². The molecule has 3 aromatic rings. The summed E-state index contributed by atoms with van der Waals surface area (Å²) in [6.45, 7) is 0. The highest BCUT2D eigenvalue weighted by molar-refractivity contribution is 6.53. The fraction of sp³-hybridized carbons (Fsp3) is 0.0769. The van der Waals surface area contributed by atoms with Gasteiger partial charge in [0.1, 0.15) is 22.2 Å². The standard InChI is InChI=1S/C26H19Cl2N3O7/c1-37-19-9-4-3-8-18(19)31-24(33)21(28)22(25(31)34)29-14-7-5-6-13(10-14)23(32)30-17-12-20(38-2)15(26(35)36)11-16(17)27/h3-12,29H,1-2H3,(H,30,32)(H,35,36)/p-1. The average molecular weight is 555 g/mol. The van der Waals surface area contributed by atoms with E-state index in [0.29, 0.717) is 11.4 Å². The van der Waals surface area contributed by atoms with Crippen LogP contribution in [0.4, 0.5) is 17.1 Å². The normalized spacial score (nSPS) is 13.0. The maximum absolute atomic E-state index is 13.1. The van der Waals surface area contributed by atoms with Crippen molar-refractivity contribution >= 4 is 64.0 Å². The Balaban J connectivity index is 1.56.